The van der Waals surface area contributed by atoms with Crippen molar-refractivity contribution in [3.05, 3.63) is 70.5 Å². The molecule has 4 nitrogen and oxygen atoms in total. The summed E-state index contributed by atoms with van der Waals surface area (Å²) in [5.74, 6) is 0.650. The van der Waals surface area contributed by atoms with Crippen LogP contribution in [0.5, 0.6) is 0 Å². The Morgan fingerprint density at radius 3 is 2.76 bits per heavy atom. The number of hydrogen-bond donors (Lipinski definition) is 1. The van der Waals surface area contributed by atoms with Crippen LogP contribution in [0, 0.1) is 6.92 Å². The average Bonchev–Trinajstić information content (AvgIpc) is 3.23. The first-order chi connectivity index (χ1) is 12.2. The van der Waals surface area contributed by atoms with Gasteiger partial charge in [0.05, 0.1) is 6.42 Å². The predicted octanol–water partition coefficient (Wildman–Crippen LogP) is 5.05. The monoisotopic (exact) mass is 348 g/mol. The number of aryl methyl sites for hydroxylation is 1. The van der Waals surface area contributed by atoms with Crippen LogP contribution in [0.15, 0.2) is 64.4 Å². The molecule has 0 bridgehead atoms. The van der Waals surface area contributed by atoms with Gasteiger partial charge < -0.3 is 9.73 Å². The minimum atomic E-state index is -0.0747. The van der Waals surface area contributed by atoms with Gasteiger partial charge in [0, 0.05) is 16.5 Å². The van der Waals surface area contributed by atoms with Crippen LogP contribution in [-0.2, 0) is 11.2 Å². The van der Waals surface area contributed by atoms with Crippen LogP contribution in [-0.4, -0.2) is 10.9 Å². The van der Waals surface area contributed by atoms with E-state index in [1.165, 1.54) is 11.3 Å². The van der Waals surface area contributed by atoms with E-state index in [0.29, 0.717) is 0 Å². The average molecular weight is 348 g/mol. The molecular formula is C20H16N2O2S. The predicted molar refractivity (Wildman–Crippen MR) is 101 cm³/mol. The molecule has 1 amide bonds. The lowest BCUT2D eigenvalue weighted by Crippen LogP contribution is -2.14. The van der Waals surface area contributed by atoms with Crippen molar-refractivity contribution in [2.45, 2.75) is 13.3 Å². The zero-order valence-electron chi connectivity index (χ0n) is 13.7. The van der Waals surface area contributed by atoms with Crippen molar-refractivity contribution >= 4 is 33.9 Å². The van der Waals surface area contributed by atoms with Gasteiger partial charge in [-0.25, -0.2) is 4.98 Å². The van der Waals surface area contributed by atoms with Crippen LogP contribution in [0.4, 0.5) is 5.69 Å². The zero-order chi connectivity index (χ0) is 17.2. The molecule has 0 spiro atoms. The summed E-state index contributed by atoms with van der Waals surface area (Å²) < 4.78 is 5.82. The number of hydrogen-bond acceptors (Lipinski definition) is 4. The fourth-order valence-electron chi connectivity index (χ4n) is 2.59. The summed E-state index contributed by atoms with van der Waals surface area (Å²) in [6.45, 7) is 2.01. The molecule has 2 aromatic heterocycles. The molecule has 25 heavy (non-hydrogen) atoms. The molecule has 0 aliphatic carbocycles. The minimum Gasteiger partial charge on any atom is -0.454 e. The first kappa shape index (κ1) is 15.6. The molecule has 0 unspecified atom stereocenters. The van der Waals surface area contributed by atoms with Gasteiger partial charge in [-0.2, -0.15) is 0 Å². The molecule has 0 atom stereocenters. The highest BCUT2D eigenvalue weighted by Crippen LogP contribution is 2.28. The topological polar surface area (TPSA) is 55.1 Å². The van der Waals surface area contributed by atoms with E-state index >= 15 is 0 Å². The van der Waals surface area contributed by atoms with Crippen molar-refractivity contribution in [3.63, 3.8) is 0 Å². The molecule has 2 heterocycles. The van der Waals surface area contributed by atoms with Gasteiger partial charge in [0.2, 0.25) is 5.91 Å². The number of fused-ring (bicyclic) bond motifs is 1. The van der Waals surface area contributed by atoms with E-state index in [1.54, 1.807) is 0 Å². The molecule has 0 saturated heterocycles. The third-order valence-electron chi connectivity index (χ3n) is 3.88. The molecule has 0 saturated carbocycles. The van der Waals surface area contributed by atoms with Crippen molar-refractivity contribution in [3.8, 4) is 11.5 Å². The van der Waals surface area contributed by atoms with Gasteiger partial charge in [-0.3, -0.25) is 4.79 Å². The van der Waals surface area contributed by atoms with Gasteiger partial charge >= 0.3 is 0 Å². The number of carbonyl (C=O) groups excluding carboxylic acids is 1. The second kappa shape index (κ2) is 6.53. The normalized spacial score (nSPS) is 10.9. The third kappa shape index (κ3) is 3.46. The quantitative estimate of drug-likeness (QED) is 0.562. The molecule has 2 aromatic carbocycles. The van der Waals surface area contributed by atoms with E-state index in [-0.39, 0.29) is 12.3 Å². The van der Waals surface area contributed by atoms with Crippen LogP contribution >= 0.6 is 11.3 Å². The molecule has 0 radical (unpaired) electrons. The van der Waals surface area contributed by atoms with Crippen molar-refractivity contribution in [2.75, 3.05) is 5.32 Å². The number of aromatic nitrogens is 1. The highest BCUT2D eigenvalue weighted by Gasteiger charge is 2.12. The van der Waals surface area contributed by atoms with Crippen molar-refractivity contribution in [1.29, 1.82) is 0 Å². The molecule has 0 aliphatic heterocycles. The van der Waals surface area contributed by atoms with Gasteiger partial charge in [0.1, 0.15) is 16.3 Å². The highest BCUT2D eigenvalue weighted by atomic mass is 32.1. The van der Waals surface area contributed by atoms with E-state index in [1.807, 2.05) is 66.9 Å². The van der Waals surface area contributed by atoms with Crippen molar-refractivity contribution in [2.24, 2.45) is 0 Å². The first-order valence-corrected chi connectivity index (χ1v) is 8.85. The van der Waals surface area contributed by atoms with E-state index < -0.39 is 0 Å². The maximum atomic E-state index is 12.2. The van der Waals surface area contributed by atoms with Crippen molar-refractivity contribution in [1.82, 2.24) is 4.98 Å². The Morgan fingerprint density at radius 1 is 1.16 bits per heavy atom. The number of benzene rings is 2. The van der Waals surface area contributed by atoms with E-state index in [4.69, 9.17) is 4.42 Å². The number of rotatable bonds is 4. The van der Waals surface area contributed by atoms with Crippen LogP contribution in [0.1, 0.15) is 10.6 Å². The van der Waals surface area contributed by atoms with Crippen molar-refractivity contribution < 1.29 is 9.21 Å². The summed E-state index contributed by atoms with van der Waals surface area (Å²) in [5, 5.41) is 6.62. The zero-order valence-corrected chi connectivity index (χ0v) is 14.5. The summed E-state index contributed by atoms with van der Waals surface area (Å²) in [5.41, 5.74) is 3.56. The number of anilines is 1. The Labute approximate surface area is 149 Å². The molecule has 0 fully saturated rings. The SMILES string of the molecule is Cc1ccc(NC(=O)Cc2nc(-c3cc4ccccc4o3)cs2)cc1. The standard InChI is InChI=1S/C20H16N2O2S/c1-13-6-8-15(9-7-13)21-19(23)11-20-22-16(12-25-20)18-10-14-4-2-3-5-17(14)24-18/h2-10,12H,11H2,1H3,(H,21,23). The summed E-state index contributed by atoms with van der Waals surface area (Å²) in [4.78, 5) is 16.7. The number of amides is 1. The fourth-order valence-corrected chi connectivity index (χ4v) is 3.37. The second-order valence-electron chi connectivity index (χ2n) is 5.87. The summed E-state index contributed by atoms with van der Waals surface area (Å²) >= 11 is 1.46. The Balaban J connectivity index is 1.47. The molecule has 4 rings (SSSR count). The maximum absolute atomic E-state index is 12.2. The largest absolute Gasteiger partial charge is 0.454 e. The summed E-state index contributed by atoms with van der Waals surface area (Å²) in [7, 11) is 0. The number of para-hydroxylation sites is 1. The van der Waals surface area contributed by atoms with Gasteiger partial charge in [-0.05, 0) is 31.2 Å². The van der Waals surface area contributed by atoms with Gasteiger partial charge in [-0.15, -0.1) is 11.3 Å². The molecule has 1 N–H and O–H groups in total. The third-order valence-corrected chi connectivity index (χ3v) is 4.73. The molecule has 124 valence electrons. The second-order valence-corrected chi connectivity index (χ2v) is 6.81. The lowest BCUT2D eigenvalue weighted by molar-refractivity contribution is -0.115. The van der Waals surface area contributed by atoms with Crippen LogP contribution < -0.4 is 5.32 Å². The first-order valence-electron chi connectivity index (χ1n) is 7.97. The van der Waals surface area contributed by atoms with E-state index in [9.17, 15) is 4.79 Å². The number of furan rings is 1. The van der Waals surface area contributed by atoms with Gasteiger partial charge in [0.25, 0.3) is 0 Å². The molecular weight excluding hydrogens is 332 g/mol. The Kier molecular flexibility index (Phi) is 4.07. The van der Waals surface area contributed by atoms with Crippen LogP contribution in [0.2, 0.25) is 0 Å². The smallest absolute Gasteiger partial charge is 0.231 e. The van der Waals surface area contributed by atoms with Crippen LogP contribution in [0.25, 0.3) is 22.4 Å². The Bertz CT molecular complexity index is 998. The summed E-state index contributed by atoms with van der Waals surface area (Å²) in [6.07, 6.45) is 0.249. The lowest BCUT2D eigenvalue weighted by Gasteiger charge is -2.03. The van der Waals surface area contributed by atoms with E-state index in [2.05, 4.69) is 10.3 Å². The molecule has 5 heteroatoms. The van der Waals surface area contributed by atoms with Gasteiger partial charge in [0.15, 0.2) is 5.76 Å². The number of nitrogens with one attached hydrogen (secondary N) is 1. The highest BCUT2D eigenvalue weighted by molar-refractivity contribution is 7.10. The molecule has 0 aliphatic rings. The van der Waals surface area contributed by atoms with Crippen LogP contribution in [0.3, 0.4) is 0 Å². The summed E-state index contributed by atoms with van der Waals surface area (Å²) in [6, 6.07) is 17.6. The Morgan fingerprint density at radius 2 is 1.96 bits per heavy atom. The number of thiazole rings is 1. The molecule has 4 aromatic rings. The fraction of sp³-hybridized carbons (Fsp3) is 0.100. The number of nitrogens with zero attached hydrogens (tertiary/aromatic N) is 1. The maximum Gasteiger partial charge on any atom is 0.231 e. The van der Waals surface area contributed by atoms with E-state index in [0.717, 1.165) is 38.7 Å². The lowest BCUT2D eigenvalue weighted by atomic mass is 10.2. The number of carbonyl (C=O) groups is 1. The van der Waals surface area contributed by atoms with Gasteiger partial charge in [-0.1, -0.05) is 35.9 Å². The Hall–Kier alpha value is -2.92. The minimum absolute atomic E-state index is 0.0747.